The van der Waals surface area contributed by atoms with Gasteiger partial charge in [0, 0.05) is 31.6 Å². The molecule has 1 unspecified atom stereocenters. The van der Waals surface area contributed by atoms with E-state index in [9.17, 15) is 24.3 Å². The summed E-state index contributed by atoms with van der Waals surface area (Å²) in [5, 5.41) is 15.3. The number of piperazine rings is 1. The molecule has 0 bridgehead atoms. The highest BCUT2D eigenvalue weighted by atomic mass is 32.2. The van der Waals surface area contributed by atoms with Crippen molar-refractivity contribution in [1.82, 2.24) is 25.1 Å². The first-order valence-corrected chi connectivity index (χ1v) is 13.3. The van der Waals surface area contributed by atoms with E-state index in [2.05, 4.69) is 5.32 Å². The van der Waals surface area contributed by atoms with Crippen molar-refractivity contribution in [2.24, 2.45) is 0 Å². The predicted octanol–water partition coefficient (Wildman–Crippen LogP) is 1.83. The Kier molecular flexibility index (Phi) is 8.67. The number of nitrogens with one attached hydrogen (secondary N) is 1. The molecule has 2 aliphatic rings. The number of hydrazine groups is 1. The van der Waals surface area contributed by atoms with Gasteiger partial charge < -0.3 is 20.2 Å². The topological polar surface area (TPSA) is 114 Å². The van der Waals surface area contributed by atoms with Crippen LogP contribution in [0.3, 0.4) is 0 Å². The van der Waals surface area contributed by atoms with Crippen LogP contribution in [0, 0.1) is 0 Å². The normalized spacial score (nSPS) is 20.1. The van der Waals surface area contributed by atoms with Crippen LogP contribution in [0.5, 0.6) is 0 Å². The van der Waals surface area contributed by atoms with E-state index in [-0.39, 0.29) is 19.0 Å². The number of aliphatic carboxylic acids is 1. The van der Waals surface area contributed by atoms with Crippen molar-refractivity contribution in [2.75, 3.05) is 32.4 Å². The molecule has 4 rings (SSSR count). The summed E-state index contributed by atoms with van der Waals surface area (Å²) >= 11 is 1.67. The quantitative estimate of drug-likeness (QED) is 0.480. The van der Waals surface area contributed by atoms with Crippen LogP contribution >= 0.6 is 11.8 Å². The van der Waals surface area contributed by atoms with Crippen molar-refractivity contribution in [2.45, 2.75) is 30.9 Å². The van der Waals surface area contributed by atoms with Gasteiger partial charge in [0.05, 0.1) is 19.5 Å². The van der Waals surface area contributed by atoms with Crippen LogP contribution in [-0.2, 0) is 26.7 Å². The number of amides is 4. The summed E-state index contributed by atoms with van der Waals surface area (Å²) in [6.45, 7) is 0.650. The average Bonchev–Trinajstić information content (AvgIpc) is 2.88. The highest BCUT2D eigenvalue weighted by Gasteiger charge is 2.51. The summed E-state index contributed by atoms with van der Waals surface area (Å²) < 4.78 is 0. The van der Waals surface area contributed by atoms with Crippen LogP contribution in [0.15, 0.2) is 60.7 Å². The fourth-order valence-corrected chi connectivity index (χ4v) is 5.59. The Morgan fingerprint density at radius 1 is 1.03 bits per heavy atom. The number of likely N-dealkylation sites (N-methyl/N-ethyl adjacent to an activating group) is 1. The number of carbonyl (C=O) groups is 4. The lowest BCUT2D eigenvalue weighted by Gasteiger charge is -2.54. The maximum Gasteiger partial charge on any atom is 0.334 e. The van der Waals surface area contributed by atoms with E-state index < -0.39 is 36.5 Å². The van der Waals surface area contributed by atoms with E-state index in [0.717, 1.165) is 11.3 Å². The molecule has 0 radical (unpaired) electrons. The Balaban J connectivity index is 1.49. The van der Waals surface area contributed by atoms with Gasteiger partial charge in [-0.3, -0.25) is 14.4 Å². The molecular weight excluding hydrogens is 494 g/mol. The highest BCUT2D eigenvalue weighted by Crippen LogP contribution is 2.27. The van der Waals surface area contributed by atoms with E-state index in [0.29, 0.717) is 18.8 Å². The summed E-state index contributed by atoms with van der Waals surface area (Å²) in [7, 11) is 1.64. The molecule has 196 valence electrons. The Labute approximate surface area is 220 Å². The van der Waals surface area contributed by atoms with Crippen LogP contribution in [0.1, 0.15) is 17.5 Å². The fourth-order valence-electron chi connectivity index (χ4n) is 4.67. The summed E-state index contributed by atoms with van der Waals surface area (Å²) in [5.74, 6) is -0.536. The zero-order valence-electron chi connectivity index (χ0n) is 20.7. The Bertz CT molecular complexity index is 1120. The number of thioether (sulfide) groups is 1. The van der Waals surface area contributed by atoms with Crippen LogP contribution < -0.4 is 5.32 Å². The van der Waals surface area contributed by atoms with Gasteiger partial charge in [0.1, 0.15) is 12.2 Å². The number of benzene rings is 2. The zero-order chi connectivity index (χ0) is 26.4. The second kappa shape index (κ2) is 12.1. The Hall–Kier alpha value is -3.57. The first-order valence-electron chi connectivity index (χ1n) is 12.1. The highest BCUT2D eigenvalue weighted by molar-refractivity contribution is 7.98. The Morgan fingerprint density at radius 2 is 1.68 bits per heavy atom. The van der Waals surface area contributed by atoms with Crippen LogP contribution in [0.4, 0.5) is 4.79 Å². The number of carboxylic acids is 1. The number of urea groups is 1. The fraction of sp³-hybridized carbons (Fsp3) is 0.385. The van der Waals surface area contributed by atoms with E-state index in [1.807, 2.05) is 60.7 Å². The van der Waals surface area contributed by atoms with Crippen molar-refractivity contribution < 1.29 is 24.3 Å². The molecule has 2 aromatic carbocycles. The standard InChI is InChI=1S/C26H31N5O5S/c1-28-17-23(32)30-21(14-24(33)34)25(35)29(12-13-37-18-20-10-6-3-7-11-20)16-22(30)31(28)26(36)27-15-19-8-4-2-5-9-19/h2-11,21-22H,12-18H2,1H3,(H,27,36)(H,33,34)/t21?,22-/m0/s1. The molecule has 10 nitrogen and oxygen atoms in total. The summed E-state index contributed by atoms with van der Waals surface area (Å²) in [4.78, 5) is 54.1. The number of fused-ring (bicyclic) bond motifs is 1. The SMILES string of the molecule is CN1CC(=O)N2C(CC(=O)O)C(=O)N(CCSCc3ccccc3)C[C@@H]2N1C(=O)NCc1ccccc1. The summed E-state index contributed by atoms with van der Waals surface area (Å²) in [5.41, 5.74) is 2.09. The van der Waals surface area contributed by atoms with Gasteiger partial charge >= 0.3 is 12.0 Å². The number of nitrogens with zero attached hydrogens (tertiary/aromatic N) is 4. The van der Waals surface area contributed by atoms with Gasteiger partial charge in [0.25, 0.3) is 0 Å². The molecule has 11 heteroatoms. The van der Waals surface area contributed by atoms with Gasteiger partial charge in [-0.2, -0.15) is 11.8 Å². The molecule has 0 spiro atoms. The van der Waals surface area contributed by atoms with Gasteiger partial charge in [-0.05, 0) is 11.1 Å². The minimum absolute atomic E-state index is 0.107. The van der Waals surface area contributed by atoms with E-state index >= 15 is 0 Å². The number of hydrogen-bond acceptors (Lipinski definition) is 6. The summed E-state index contributed by atoms with van der Waals surface area (Å²) in [6.07, 6.45) is -1.32. The molecule has 0 saturated carbocycles. The van der Waals surface area contributed by atoms with Gasteiger partial charge in [-0.25, -0.2) is 14.8 Å². The van der Waals surface area contributed by atoms with Crippen molar-refractivity contribution in [3.63, 3.8) is 0 Å². The zero-order valence-corrected chi connectivity index (χ0v) is 21.5. The lowest BCUT2D eigenvalue weighted by atomic mass is 10.0. The average molecular weight is 526 g/mol. The van der Waals surface area contributed by atoms with Crippen molar-refractivity contribution in [3.05, 3.63) is 71.8 Å². The largest absolute Gasteiger partial charge is 0.481 e. The van der Waals surface area contributed by atoms with E-state index in [4.69, 9.17) is 0 Å². The minimum Gasteiger partial charge on any atom is -0.481 e. The first-order chi connectivity index (χ1) is 17.8. The molecule has 37 heavy (non-hydrogen) atoms. The van der Waals surface area contributed by atoms with Gasteiger partial charge in [0.15, 0.2) is 0 Å². The smallest absolute Gasteiger partial charge is 0.334 e. The monoisotopic (exact) mass is 525 g/mol. The number of hydrogen-bond donors (Lipinski definition) is 2. The lowest BCUT2D eigenvalue weighted by molar-refractivity contribution is -0.188. The maximum atomic E-state index is 13.3. The maximum absolute atomic E-state index is 13.3. The van der Waals surface area contributed by atoms with E-state index in [1.54, 1.807) is 23.7 Å². The van der Waals surface area contributed by atoms with Crippen molar-refractivity contribution in [3.8, 4) is 0 Å². The third-order valence-electron chi connectivity index (χ3n) is 6.42. The van der Waals surface area contributed by atoms with Crippen LogP contribution in [0.25, 0.3) is 0 Å². The number of carboxylic acid groups (broad SMARTS) is 1. The van der Waals surface area contributed by atoms with Gasteiger partial charge in [0.2, 0.25) is 11.8 Å². The molecule has 2 aromatic rings. The molecular formula is C26H31N5O5S. The molecule has 0 aliphatic carbocycles. The van der Waals surface area contributed by atoms with Gasteiger partial charge in [-0.15, -0.1) is 0 Å². The lowest BCUT2D eigenvalue weighted by Crippen LogP contribution is -2.76. The third kappa shape index (κ3) is 6.41. The third-order valence-corrected chi connectivity index (χ3v) is 7.43. The molecule has 2 heterocycles. The number of rotatable bonds is 9. The molecule has 2 N–H and O–H groups in total. The molecule has 2 atom stereocenters. The molecule has 0 aromatic heterocycles. The second-order valence-corrected chi connectivity index (χ2v) is 10.1. The molecule has 2 fully saturated rings. The number of carbonyl (C=O) groups excluding carboxylic acids is 3. The molecule has 2 saturated heterocycles. The summed E-state index contributed by atoms with van der Waals surface area (Å²) in [6, 6.07) is 17.8. The van der Waals surface area contributed by atoms with Gasteiger partial charge in [-0.1, -0.05) is 60.7 Å². The van der Waals surface area contributed by atoms with Crippen molar-refractivity contribution in [1.29, 1.82) is 0 Å². The second-order valence-electron chi connectivity index (χ2n) is 9.02. The van der Waals surface area contributed by atoms with E-state index in [1.165, 1.54) is 20.5 Å². The molecule has 4 amide bonds. The predicted molar refractivity (Wildman–Crippen MR) is 139 cm³/mol. The van der Waals surface area contributed by atoms with Crippen molar-refractivity contribution >= 4 is 35.6 Å². The minimum atomic E-state index is -1.18. The Morgan fingerprint density at radius 3 is 2.32 bits per heavy atom. The first kappa shape index (κ1) is 26.5. The van der Waals surface area contributed by atoms with Crippen LogP contribution in [0.2, 0.25) is 0 Å². The molecule has 2 aliphatic heterocycles. The van der Waals surface area contributed by atoms with Crippen LogP contribution in [-0.4, -0.2) is 93.4 Å².